The molecule has 0 saturated carbocycles. The molecule has 184 valence electrons. The maximum Gasteiger partial charge on any atom is 0.335 e. The molecule has 0 aliphatic carbocycles. The standard InChI is InChI=1S/C24H19ClN4O6S/c1-35-19-10-8-18(9-11-19)29-23(31)21(22(30)27-24(29)32)14-26-16-6-12-20(13-7-16)36(33,34)28-17-4-2-15(25)3-5-17/h2-14,28,31H,1H3,(H,27,30,32). The molecule has 0 radical (unpaired) electrons. The van der Waals surface area contributed by atoms with Gasteiger partial charge in [0.15, 0.2) is 0 Å². The molecule has 0 bridgehead atoms. The molecule has 1 aromatic heterocycles. The highest BCUT2D eigenvalue weighted by molar-refractivity contribution is 7.92. The van der Waals surface area contributed by atoms with Crippen LogP contribution in [0, 0.1) is 0 Å². The summed E-state index contributed by atoms with van der Waals surface area (Å²) in [5.74, 6) is -0.0599. The lowest BCUT2D eigenvalue weighted by atomic mass is 10.2. The topological polar surface area (TPSA) is 143 Å². The van der Waals surface area contributed by atoms with Crippen LogP contribution < -0.4 is 20.7 Å². The first-order chi connectivity index (χ1) is 17.2. The summed E-state index contributed by atoms with van der Waals surface area (Å²) in [6.07, 6.45) is 1.09. The molecular formula is C24H19ClN4O6S. The maximum atomic E-state index is 12.6. The SMILES string of the molecule is COc1ccc(-n2c(O)c(C=Nc3ccc(S(=O)(=O)Nc4ccc(Cl)cc4)cc3)c(=O)[nH]c2=O)cc1. The largest absolute Gasteiger partial charge is 0.497 e. The van der Waals surface area contributed by atoms with Crippen LogP contribution in [0.1, 0.15) is 5.56 Å². The molecular weight excluding hydrogens is 508 g/mol. The van der Waals surface area contributed by atoms with Crippen LogP contribution >= 0.6 is 11.6 Å². The van der Waals surface area contributed by atoms with Crippen LogP contribution in [0.4, 0.5) is 11.4 Å². The number of nitrogens with one attached hydrogen (secondary N) is 2. The minimum Gasteiger partial charge on any atom is -0.497 e. The molecule has 0 amide bonds. The summed E-state index contributed by atoms with van der Waals surface area (Å²) in [5, 5.41) is 11.1. The van der Waals surface area contributed by atoms with Gasteiger partial charge in [-0.25, -0.2) is 17.8 Å². The van der Waals surface area contributed by atoms with Crippen LogP contribution in [0.25, 0.3) is 5.69 Å². The Morgan fingerprint density at radius 3 is 2.25 bits per heavy atom. The Hall–Kier alpha value is -4.35. The van der Waals surface area contributed by atoms with E-state index < -0.39 is 27.2 Å². The Labute approximate surface area is 210 Å². The van der Waals surface area contributed by atoms with Gasteiger partial charge in [-0.3, -0.25) is 19.5 Å². The van der Waals surface area contributed by atoms with Gasteiger partial charge in [0.1, 0.15) is 11.3 Å². The summed E-state index contributed by atoms with van der Waals surface area (Å²) in [5.41, 5.74) is -0.969. The number of aromatic hydroxyl groups is 1. The highest BCUT2D eigenvalue weighted by Gasteiger charge is 2.16. The number of ether oxygens (including phenoxy) is 1. The van der Waals surface area contributed by atoms with Gasteiger partial charge in [-0.05, 0) is 72.8 Å². The number of hydrogen-bond donors (Lipinski definition) is 3. The molecule has 0 saturated heterocycles. The van der Waals surface area contributed by atoms with Crippen LogP contribution in [0.15, 0.2) is 92.3 Å². The van der Waals surface area contributed by atoms with E-state index in [1.807, 2.05) is 0 Å². The fourth-order valence-electron chi connectivity index (χ4n) is 3.21. The fraction of sp³-hybridized carbons (Fsp3) is 0.0417. The van der Waals surface area contributed by atoms with Gasteiger partial charge in [-0.2, -0.15) is 0 Å². The normalized spacial score (nSPS) is 11.5. The molecule has 0 spiro atoms. The quantitative estimate of drug-likeness (QED) is 0.315. The first-order valence-corrected chi connectivity index (χ1v) is 12.2. The molecule has 0 aliphatic heterocycles. The molecule has 4 rings (SSSR count). The monoisotopic (exact) mass is 526 g/mol. The Balaban J connectivity index is 1.60. The van der Waals surface area contributed by atoms with Gasteiger partial charge in [0.2, 0.25) is 5.88 Å². The van der Waals surface area contributed by atoms with E-state index in [2.05, 4.69) is 14.7 Å². The summed E-state index contributed by atoms with van der Waals surface area (Å²) in [6, 6.07) is 18.0. The fourth-order valence-corrected chi connectivity index (χ4v) is 4.39. The number of anilines is 1. The van der Waals surface area contributed by atoms with Gasteiger partial charge >= 0.3 is 5.69 Å². The van der Waals surface area contributed by atoms with Crippen molar-refractivity contribution in [1.82, 2.24) is 9.55 Å². The van der Waals surface area contributed by atoms with Crippen LogP contribution in [0.2, 0.25) is 5.02 Å². The number of halogens is 1. The molecule has 0 fully saturated rings. The van der Waals surface area contributed by atoms with Crippen molar-refractivity contribution in [2.45, 2.75) is 4.90 Å². The van der Waals surface area contributed by atoms with Crippen molar-refractivity contribution < 1.29 is 18.3 Å². The Bertz CT molecular complexity index is 1640. The molecule has 1 heterocycles. The Morgan fingerprint density at radius 1 is 1.00 bits per heavy atom. The minimum absolute atomic E-state index is 0.00912. The van der Waals surface area contributed by atoms with Crippen molar-refractivity contribution in [1.29, 1.82) is 0 Å². The third-order valence-electron chi connectivity index (χ3n) is 5.04. The molecule has 0 aliphatic rings. The summed E-state index contributed by atoms with van der Waals surface area (Å²) in [6.45, 7) is 0. The van der Waals surface area contributed by atoms with E-state index in [0.717, 1.165) is 10.8 Å². The summed E-state index contributed by atoms with van der Waals surface area (Å²) in [7, 11) is -2.37. The van der Waals surface area contributed by atoms with Crippen molar-refractivity contribution in [2.24, 2.45) is 4.99 Å². The molecule has 3 aromatic carbocycles. The number of aromatic amines is 1. The lowest BCUT2D eigenvalue weighted by molar-refractivity contribution is 0.414. The first kappa shape index (κ1) is 24.8. The Kier molecular flexibility index (Phi) is 6.95. The number of sulfonamides is 1. The third-order valence-corrected chi connectivity index (χ3v) is 6.69. The predicted octanol–water partition coefficient (Wildman–Crippen LogP) is 3.44. The smallest absolute Gasteiger partial charge is 0.335 e. The average molecular weight is 527 g/mol. The van der Waals surface area contributed by atoms with E-state index in [1.165, 1.54) is 55.6 Å². The second kappa shape index (κ2) is 10.1. The van der Waals surface area contributed by atoms with Gasteiger partial charge < -0.3 is 9.84 Å². The zero-order chi connectivity index (χ0) is 25.9. The Morgan fingerprint density at radius 2 is 1.64 bits per heavy atom. The van der Waals surface area contributed by atoms with Crippen LogP contribution in [0.3, 0.4) is 0 Å². The zero-order valence-electron chi connectivity index (χ0n) is 18.7. The van der Waals surface area contributed by atoms with E-state index in [0.29, 0.717) is 27.8 Å². The number of aliphatic imine (C=N–C) groups is 1. The predicted molar refractivity (Wildman–Crippen MR) is 137 cm³/mol. The van der Waals surface area contributed by atoms with E-state index in [1.54, 1.807) is 24.3 Å². The van der Waals surface area contributed by atoms with Crippen LogP contribution in [-0.2, 0) is 10.0 Å². The molecule has 0 unspecified atom stereocenters. The summed E-state index contributed by atoms with van der Waals surface area (Å²) >= 11 is 5.82. The molecule has 12 heteroatoms. The zero-order valence-corrected chi connectivity index (χ0v) is 20.2. The van der Waals surface area contributed by atoms with Crippen molar-refractivity contribution in [3.8, 4) is 17.3 Å². The lowest BCUT2D eigenvalue weighted by Gasteiger charge is -2.10. The van der Waals surface area contributed by atoms with E-state index in [9.17, 15) is 23.1 Å². The first-order valence-electron chi connectivity index (χ1n) is 10.3. The number of methoxy groups -OCH3 is 1. The second-order valence-corrected chi connectivity index (χ2v) is 9.51. The average Bonchev–Trinajstić information content (AvgIpc) is 2.85. The second-order valence-electron chi connectivity index (χ2n) is 7.39. The van der Waals surface area contributed by atoms with Crippen molar-refractivity contribution in [3.63, 3.8) is 0 Å². The number of nitrogens with zero attached hydrogens (tertiary/aromatic N) is 2. The third kappa shape index (κ3) is 5.32. The molecule has 0 atom stereocenters. The van der Waals surface area contributed by atoms with Gasteiger partial charge in [-0.15, -0.1) is 0 Å². The van der Waals surface area contributed by atoms with E-state index >= 15 is 0 Å². The van der Waals surface area contributed by atoms with Gasteiger partial charge in [0, 0.05) is 16.9 Å². The minimum atomic E-state index is -3.86. The van der Waals surface area contributed by atoms with Gasteiger partial charge in [-0.1, -0.05) is 11.6 Å². The van der Waals surface area contributed by atoms with Crippen LogP contribution in [0.5, 0.6) is 11.6 Å². The summed E-state index contributed by atoms with van der Waals surface area (Å²) < 4.78 is 33.7. The molecule has 36 heavy (non-hydrogen) atoms. The van der Waals surface area contributed by atoms with Gasteiger partial charge in [0.25, 0.3) is 15.6 Å². The molecule has 10 nitrogen and oxygen atoms in total. The van der Waals surface area contributed by atoms with E-state index in [-0.39, 0.29) is 10.5 Å². The number of H-pyrrole nitrogens is 1. The molecule has 4 aromatic rings. The number of benzene rings is 3. The number of rotatable bonds is 7. The van der Waals surface area contributed by atoms with Crippen molar-refractivity contribution in [2.75, 3.05) is 11.8 Å². The highest BCUT2D eigenvalue weighted by atomic mass is 35.5. The lowest BCUT2D eigenvalue weighted by Crippen LogP contribution is -2.31. The van der Waals surface area contributed by atoms with Crippen molar-refractivity contribution in [3.05, 3.63) is 104 Å². The highest BCUT2D eigenvalue weighted by Crippen LogP contribution is 2.22. The van der Waals surface area contributed by atoms with Gasteiger partial charge in [0.05, 0.1) is 23.4 Å². The van der Waals surface area contributed by atoms with Crippen LogP contribution in [-0.4, -0.2) is 36.4 Å². The summed E-state index contributed by atoms with van der Waals surface area (Å²) in [4.78, 5) is 30.9. The van der Waals surface area contributed by atoms with Crippen molar-refractivity contribution >= 4 is 39.2 Å². The maximum absolute atomic E-state index is 12.6. The van der Waals surface area contributed by atoms with E-state index in [4.69, 9.17) is 16.3 Å². The number of hydrogen-bond acceptors (Lipinski definition) is 7. The number of aromatic nitrogens is 2. The molecule has 3 N–H and O–H groups in total.